The number of ether oxygens (including phenoxy) is 2. The van der Waals surface area contributed by atoms with Gasteiger partial charge in [-0.2, -0.15) is 0 Å². The quantitative estimate of drug-likeness (QED) is 0.628. The number of amides is 2. The minimum absolute atomic E-state index is 0.0278. The minimum atomic E-state index is -0.0474. The zero-order valence-corrected chi connectivity index (χ0v) is 15.6. The van der Waals surface area contributed by atoms with Crippen LogP contribution in [0.3, 0.4) is 0 Å². The zero-order valence-electron chi connectivity index (χ0n) is 15.6. The van der Waals surface area contributed by atoms with Crippen LogP contribution >= 0.6 is 0 Å². The topological polar surface area (TPSA) is 76.7 Å². The lowest BCUT2D eigenvalue weighted by molar-refractivity contribution is -0.122. The summed E-state index contributed by atoms with van der Waals surface area (Å²) in [6.45, 7) is 0.860. The predicted octanol–water partition coefficient (Wildman–Crippen LogP) is 2.81. The highest BCUT2D eigenvalue weighted by Crippen LogP contribution is 2.18. The summed E-state index contributed by atoms with van der Waals surface area (Å²) in [5.41, 5.74) is 0. The SMILES string of the molecule is COc1ccc(OCCCC(=O)NCCC(=O)NC2CCCCC2)cc1. The predicted molar refractivity (Wildman–Crippen MR) is 100 cm³/mol. The zero-order chi connectivity index (χ0) is 18.6. The first-order chi connectivity index (χ1) is 12.7. The van der Waals surface area contributed by atoms with Crippen LogP contribution in [-0.2, 0) is 9.59 Å². The molecule has 0 atom stereocenters. The van der Waals surface area contributed by atoms with E-state index in [9.17, 15) is 9.59 Å². The van der Waals surface area contributed by atoms with E-state index in [1.807, 2.05) is 24.3 Å². The number of rotatable bonds is 10. The van der Waals surface area contributed by atoms with E-state index in [-0.39, 0.29) is 11.8 Å². The average molecular weight is 362 g/mol. The fraction of sp³-hybridized carbons (Fsp3) is 0.600. The summed E-state index contributed by atoms with van der Waals surface area (Å²) in [6, 6.07) is 7.66. The van der Waals surface area contributed by atoms with Crippen molar-refractivity contribution in [2.24, 2.45) is 0 Å². The molecule has 1 aromatic carbocycles. The third kappa shape index (κ3) is 7.76. The van der Waals surface area contributed by atoms with Crippen LogP contribution in [0.4, 0.5) is 0 Å². The van der Waals surface area contributed by atoms with Crippen molar-refractivity contribution in [3.63, 3.8) is 0 Å². The fourth-order valence-electron chi connectivity index (χ4n) is 3.05. The van der Waals surface area contributed by atoms with E-state index in [4.69, 9.17) is 9.47 Å². The van der Waals surface area contributed by atoms with E-state index in [2.05, 4.69) is 10.6 Å². The Labute approximate surface area is 155 Å². The molecule has 0 heterocycles. The van der Waals surface area contributed by atoms with Gasteiger partial charge in [0.15, 0.2) is 0 Å². The molecule has 6 nitrogen and oxygen atoms in total. The molecule has 1 aliphatic rings. The van der Waals surface area contributed by atoms with Gasteiger partial charge in [-0.05, 0) is 43.5 Å². The summed E-state index contributed by atoms with van der Waals surface area (Å²) < 4.78 is 10.7. The normalized spacial score (nSPS) is 14.5. The number of hydrogen-bond donors (Lipinski definition) is 2. The lowest BCUT2D eigenvalue weighted by Gasteiger charge is -2.22. The average Bonchev–Trinajstić information content (AvgIpc) is 2.66. The second-order valence-electron chi connectivity index (χ2n) is 6.63. The first-order valence-electron chi connectivity index (χ1n) is 9.50. The van der Waals surface area contributed by atoms with Crippen molar-refractivity contribution >= 4 is 11.8 Å². The minimum Gasteiger partial charge on any atom is -0.497 e. The molecule has 0 radical (unpaired) electrons. The summed E-state index contributed by atoms with van der Waals surface area (Å²) in [7, 11) is 1.62. The summed E-state index contributed by atoms with van der Waals surface area (Å²) in [5.74, 6) is 1.52. The third-order valence-electron chi connectivity index (χ3n) is 4.52. The molecule has 0 unspecified atom stereocenters. The Morgan fingerprint density at radius 1 is 1.00 bits per heavy atom. The molecule has 2 rings (SSSR count). The van der Waals surface area contributed by atoms with Crippen LogP contribution in [0.1, 0.15) is 51.4 Å². The van der Waals surface area contributed by atoms with Crippen molar-refractivity contribution in [3.8, 4) is 11.5 Å². The van der Waals surface area contributed by atoms with Crippen molar-refractivity contribution < 1.29 is 19.1 Å². The highest BCUT2D eigenvalue weighted by atomic mass is 16.5. The van der Waals surface area contributed by atoms with Gasteiger partial charge in [-0.25, -0.2) is 0 Å². The van der Waals surface area contributed by atoms with Crippen molar-refractivity contribution in [2.45, 2.75) is 57.4 Å². The third-order valence-corrected chi connectivity index (χ3v) is 4.52. The van der Waals surface area contributed by atoms with E-state index >= 15 is 0 Å². The molecule has 6 heteroatoms. The van der Waals surface area contributed by atoms with Gasteiger partial charge in [0.1, 0.15) is 11.5 Å². The van der Waals surface area contributed by atoms with E-state index < -0.39 is 0 Å². The highest BCUT2D eigenvalue weighted by Gasteiger charge is 2.15. The Morgan fingerprint density at radius 3 is 2.38 bits per heavy atom. The van der Waals surface area contributed by atoms with Crippen molar-refractivity contribution in [1.82, 2.24) is 10.6 Å². The number of carbonyl (C=O) groups is 2. The van der Waals surface area contributed by atoms with Gasteiger partial charge in [-0.15, -0.1) is 0 Å². The number of hydrogen-bond acceptors (Lipinski definition) is 4. The van der Waals surface area contributed by atoms with Gasteiger partial charge in [-0.1, -0.05) is 19.3 Å². The van der Waals surface area contributed by atoms with Crippen LogP contribution in [0, 0.1) is 0 Å². The standard InChI is InChI=1S/C20H30N2O4/c1-25-17-9-11-18(12-10-17)26-15-5-8-19(23)21-14-13-20(24)22-16-6-3-2-4-7-16/h9-12,16H,2-8,13-15H2,1H3,(H,21,23)(H,22,24). The molecule has 0 spiro atoms. The van der Waals surface area contributed by atoms with Crippen molar-refractivity contribution in [2.75, 3.05) is 20.3 Å². The Balaban J connectivity index is 1.49. The van der Waals surface area contributed by atoms with Gasteiger partial charge in [0.05, 0.1) is 13.7 Å². The fourth-order valence-corrected chi connectivity index (χ4v) is 3.05. The second-order valence-corrected chi connectivity index (χ2v) is 6.63. The van der Waals surface area contributed by atoms with Crippen LogP contribution < -0.4 is 20.1 Å². The smallest absolute Gasteiger partial charge is 0.221 e. The molecular formula is C20H30N2O4. The summed E-state index contributed by atoms with van der Waals surface area (Å²) >= 11 is 0. The Bertz CT molecular complexity index is 553. The van der Waals surface area contributed by atoms with Gasteiger partial charge in [0.2, 0.25) is 11.8 Å². The molecule has 144 valence electrons. The molecule has 2 amide bonds. The Hall–Kier alpha value is -2.24. The molecule has 1 fully saturated rings. The molecule has 2 N–H and O–H groups in total. The summed E-state index contributed by atoms with van der Waals surface area (Å²) in [6.07, 6.45) is 7.17. The maximum Gasteiger partial charge on any atom is 0.221 e. The molecule has 1 saturated carbocycles. The van der Waals surface area contributed by atoms with Crippen LogP contribution in [0.2, 0.25) is 0 Å². The van der Waals surface area contributed by atoms with Crippen molar-refractivity contribution in [3.05, 3.63) is 24.3 Å². The van der Waals surface area contributed by atoms with E-state index in [1.54, 1.807) is 7.11 Å². The molecule has 0 saturated heterocycles. The summed E-state index contributed by atoms with van der Waals surface area (Å²) in [5, 5.41) is 5.84. The molecule has 0 bridgehead atoms. The van der Waals surface area contributed by atoms with Crippen LogP contribution in [-0.4, -0.2) is 38.1 Å². The van der Waals surface area contributed by atoms with Crippen LogP contribution in [0.15, 0.2) is 24.3 Å². The van der Waals surface area contributed by atoms with Gasteiger partial charge in [0.25, 0.3) is 0 Å². The monoisotopic (exact) mass is 362 g/mol. The van der Waals surface area contributed by atoms with E-state index in [1.165, 1.54) is 19.3 Å². The van der Waals surface area contributed by atoms with Gasteiger partial charge in [-0.3, -0.25) is 9.59 Å². The number of benzene rings is 1. The van der Waals surface area contributed by atoms with Gasteiger partial charge >= 0.3 is 0 Å². The van der Waals surface area contributed by atoms with Gasteiger partial charge < -0.3 is 20.1 Å². The molecule has 26 heavy (non-hydrogen) atoms. The maximum atomic E-state index is 11.9. The molecular weight excluding hydrogens is 332 g/mol. The maximum absolute atomic E-state index is 11.9. The lowest BCUT2D eigenvalue weighted by atomic mass is 9.95. The van der Waals surface area contributed by atoms with Crippen LogP contribution in [0.25, 0.3) is 0 Å². The second kappa shape index (κ2) is 11.4. The molecule has 1 aliphatic carbocycles. The highest BCUT2D eigenvalue weighted by molar-refractivity contribution is 5.79. The number of nitrogens with one attached hydrogen (secondary N) is 2. The Kier molecular flexibility index (Phi) is 8.79. The number of carbonyl (C=O) groups excluding carboxylic acids is 2. The Morgan fingerprint density at radius 2 is 1.69 bits per heavy atom. The van der Waals surface area contributed by atoms with Crippen molar-refractivity contribution in [1.29, 1.82) is 0 Å². The first-order valence-corrected chi connectivity index (χ1v) is 9.50. The number of methoxy groups -OCH3 is 1. The van der Waals surface area contributed by atoms with Gasteiger partial charge in [0, 0.05) is 25.4 Å². The van der Waals surface area contributed by atoms with E-state index in [0.717, 1.165) is 24.3 Å². The lowest BCUT2D eigenvalue weighted by Crippen LogP contribution is -2.38. The first kappa shape index (κ1) is 20.1. The van der Waals surface area contributed by atoms with Crippen LogP contribution in [0.5, 0.6) is 11.5 Å². The largest absolute Gasteiger partial charge is 0.497 e. The summed E-state index contributed by atoms with van der Waals surface area (Å²) in [4.78, 5) is 23.7. The molecule has 0 aromatic heterocycles. The van der Waals surface area contributed by atoms with E-state index in [0.29, 0.717) is 38.5 Å². The molecule has 1 aromatic rings. The molecule has 0 aliphatic heterocycles.